The third kappa shape index (κ3) is 5.99. The van der Waals surface area contributed by atoms with Crippen molar-refractivity contribution in [2.45, 2.75) is 65.5 Å². The van der Waals surface area contributed by atoms with E-state index in [2.05, 4.69) is 43.3 Å². The van der Waals surface area contributed by atoms with Crippen LogP contribution >= 0.6 is 0 Å². The topological polar surface area (TPSA) is 36.4 Å². The van der Waals surface area contributed by atoms with Crippen LogP contribution in [0.2, 0.25) is 0 Å². The molecule has 16 heavy (non-hydrogen) atoms. The van der Waals surface area contributed by atoms with Crippen LogP contribution in [0.5, 0.6) is 0 Å². The maximum absolute atomic E-state index is 4.47. The molecular weight excluding hydrogens is 198 g/mol. The quantitative estimate of drug-likeness (QED) is 0.538. The average molecular weight is 225 g/mol. The maximum atomic E-state index is 4.47. The zero-order valence-electron chi connectivity index (χ0n) is 11.2. The molecule has 0 aromatic rings. The van der Waals surface area contributed by atoms with Crippen molar-refractivity contribution in [3.8, 4) is 0 Å². The standard InChI is InChI=1S/C13H27N3/c1-5-14-13(16-12-8-9-12)15-11(4)7-6-10(2)3/h10-12H,5-9H2,1-4H3,(H2,14,15,16). The summed E-state index contributed by atoms with van der Waals surface area (Å²) in [6, 6.07) is 1.19. The van der Waals surface area contributed by atoms with E-state index in [0.29, 0.717) is 12.1 Å². The Morgan fingerprint density at radius 2 is 1.94 bits per heavy atom. The number of guanidine groups is 1. The largest absolute Gasteiger partial charge is 0.354 e. The van der Waals surface area contributed by atoms with Crippen LogP contribution in [0.4, 0.5) is 0 Å². The van der Waals surface area contributed by atoms with E-state index in [1.165, 1.54) is 25.7 Å². The number of hydrogen-bond donors (Lipinski definition) is 2. The number of rotatable bonds is 6. The number of nitrogens with zero attached hydrogens (tertiary/aromatic N) is 1. The summed E-state index contributed by atoms with van der Waals surface area (Å²) in [5, 5.41) is 6.93. The summed E-state index contributed by atoms with van der Waals surface area (Å²) >= 11 is 0. The van der Waals surface area contributed by atoms with Crippen molar-refractivity contribution in [2.75, 3.05) is 6.54 Å². The first-order valence-electron chi connectivity index (χ1n) is 6.69. The van der Waals surface area contributed by atoms with Crippen molar-refractivity contribution in [3.63, 3.8) is 0 Å². The molecule has 0 amide bonds. The fourth-order valence-electron chi connectivity index (χ4n) is 1.60. The lowest BCUT2D eigenvalue weighted by Gasteiger charge is -2.18. The highest BCUT2D eigenvalue weighted by Gasteiger charge is 2.22. The van der Waals surface area contributed by atoms with E-state index in [-0.39, 0.29) is 0 Å². The first kappa shape index (κ1) is 13.3. The van der Waals surface area contributed by atoms with Crippen LogP contribution in [-0.2, 0) is 0 Å². The predicted molar refractivity (Wildman–Crippen MR) is 70.8 cm³/mol. The molecule has 0 aliphatic heterocycles. The second-order valence-electron chi connectivity index (χ2n) is 5.26. The molecule has 1 atom stereocenters. The van der Waals surface area contributed by atoms with Gasteiger partial charge in [-0.05, 0) is 45.4 Å². The summed E-state index contributed by atoms with van der Waals surface area (Å²) in [5.74, 6) is 1.79. The van der Waals surface area contributed by atoms with E-state index in [1.807, 2.05) is 0 Å². The van der Waals surface area contributed by atoms with Gasteiger partial charge in [-0.3, -0.25) is 4.99 Å². The molecule has 1 aliphatic rings. The first-order chi connectivity index (χ1) is 7.61. The van der Waals surface area contributed by atoms with Gasteiger partial charge in [0, 0.05) is 18.6 Å². The van der Waals surface area contributed by atoms with Gasteiger partial charge in [0.15, 0.2) is 5.96 Å². The lowest BCUT2D eigenvalue weighted by atomic mass is 10.0. The minimum Gasteiger partial charge on any atom is -0.354 e. The molecule has 3 nitrogen and oxygen atoms in total. The Labute approximate surface area is 100 Å². The first-order valence-corrected chi connectivity index (χ1v) is 6.69. The van der Waals surface area contributed by atoms with Gasteiger partial charge in [0.2, 0.25) is 0 Å². The third-order valence-electron chi connectivity index (χ3n) is 2.79. The molecule has 0 bridgehead atoms. The Bertz CT molecular complexity index is 219. The number of hydrogen-bond acceptors (Lipinski definition) is 1. The van der Waals surface area contributed by atoms with Crippen molar-refractivity contribution in [1.82, 2.24) is 10.6 Å². The summed E-state index contributed by atoms with van der Waals surface area (Å²) in [6.45, 7) is 9.71. The summed E-state index contributed by atoms with van der Waals surface area (Å²) in [5.41, 5.74) is 0. The van der Waals surface area contributed by atoms with Gasteiger partial charge in [0.05, 0.1) is 0 Å². The maximum Gasteiger partial charge on any atom is 0.191 e. The Morgan fingerprint density at radius 3 is 2.44 bits per heavy atom. The van der Waals surface area contributed by atoms with Gasteiger partial charge in [-0.2, -0.15) is 0 Å². The molecule has 0 radical (unpaired) electrons. The molecule has 1 fully saturated rings. The van der Waals surface area contributed by atoms with Crippen molar-refractivity contribution in [3.05, 3.63) is 0 Å². The van der Waals surface area contributed by atoms with Crippen LogP contribution in [0, 0.1) is 5.92 Å². The molecule has 1 unspecified atom stereocenters. The minimum absolute atomic E-state index is 0.513. The molecule has 1 rings (SSSR count). The lowest BCUT2D eigenvalue weighted by Crippen LogP contribution is -2.43. The van der Waals surface area contributed by atoms with Crippen molar-refractivity contribution in [2.24, 2.45) is 10.9 Å². The second-order valence-corrected chi connectivity index (χ2v) is 5.26. The Hall–Kier alpha value is -0.730. The molecular formula is C13H27N3. The fraction of sp³-hybridized carbons (Fsp3) is 0.923. The molecule has 0 aromatic carbocycles. The summed E-state index contributed by atoms with van der Waals surface area (Å²) < 4.78 is 0. The van der Waals surface area contributed by atoms with Gasteiger partial charge in [-0.25, -0.2) is 0 Å². The van der Waals surface area contributed by atoms with E-state index < -0.39 is 0 Å². The Balaban J connectivity index is 2.26. The van der Waals surface area contributed by atoms with E-state index >= 15 is 0 Å². The molecule has 3 heteroatoms. The van der Waals surface area contributed by atoms with Crippen molar-refractivity contribution >= 4 is 5.96 Å². The third-order valence-corrected chi connectivity index (χ3v) is 2.79. The summed E-state index contributed by atoms with van der Waals surface area (Å²) in [7, 11) is 0. The summed E-state index contributed by atoms with van der Waals surface area (Å²) in [4.78, 5) is 4.47. The van der Waals surface area contributed by atoms with Crippen LogP contribution in [0.3, 0.4) is 0 Å². The van der Waals surface area contributed by atoms with Crippen molar-refractivity contribution < 1.29 is 0 Å². The average Bonchev–Trinajstić information content (AvgIpc) is 2.99. The molecule has 1 saturated carbocycles. The van der Waals surface area contributed by atoms with Gasteiger partial charge < -0.3 is 10.6 Å². The van der Waals surface area contributed by atoms with Crippen LogP contribution in [0.25, 0.3) is 0 Å². The number of aliphatic imine (C=N–C) groups is 1. The molecule has 0 heterocycles. The van der Waals surface area contributed by atoms with Crippen LogP contribution in [-0.4, -0.2) is 24.6 Å². The normalized spacial score (nSPS) is 18.7. The van der Waals surface area contributed by atoms with E-state index in [0.717, 1.165) is 18.4 Å². The molecule has 1 aliphatic carbocycles. The Kier molecular flexibility index (Phi) is 5.64. The van der Waals surface area contributed by atoms with E-state index in [1.54, 1.807) is 0 Å². The highest BCUT2D eigenvalue weighted by molar-refractivity contribution is 5.80. The summed E-state index contributed by atoms with van der Waals surface area (Å²) in [6.07, 6.45) is 5.08. The molecule has 0 spiro atoms. The highest BCUT2D eigenvalue weighted by Crippen LogP contribution is 2.18. The predicted octanol–water partition coefficient (Wildman–Crippen LogP) is 2.53. The van der Waals surface area contributed by atoms with Crippen LogP contribution in [0.1, 0.15) is 53.4 Å². The van der Waals surface area contributed by atoms with Gasteiger partial charge in [-0.1, -0.05) is 13.8 Å². The zero-order chi connectivity index (χ0) is 12.0. The van der Waals surface area contributed by atoms with Gasteiger partial charge in [-0.15, -0.1) is 0 Å². The fourth-order valence-corrected chi connectivity index (χ4v) is 1.60. The van der Waals surface area contributed by atoms with E-state index in [9.17, 15) is 0 Å². The number of nitrogens with one attached hydrogen (secondary N) is 2. The van der Waals surface area contributed by atoms with E-state index in [4.69, 9.17) is 0 Å². The highest BCUT2D eigenvalue weighted by atomic mass is 15.2. The lowest BCUT2D eigenvalue weighted by molar-refractivity contribution is 0.488. The van der Waals surface area contributed by atoms with Gasteiger partial charge in [0.1, 0.15) is 0 Å². The van der Waals surface area contributed by atoms with Crippen LogP contribution in [0.15, 0.2) is 4.99 Å². The van der Waals surface area contributed by atoms with Crippen LogP contribution < -0.4 is 10.6 Å². The minimum atomic E-state index is 0.513. The monoisotopic (exact) mass is 225 g/mol. The van der Waals surface area contributed by atoms with Gasteiger partial charge in [0.25, 0.3) is 0 Å². The smallest absolute Gasteiger partial charge is 0.191 e. The zero-order valence-corrected chi connectivity index (χ0v) is 11.2. The molecule has 94 valence electrons. The molecule has 0 saturated heterocycles. The Morgan fingerprint density at radius 1 is 1.25 bits per heavy atom. The van der Waals surface area contributed by atoms with Gasteiger partial charge >= 0.3 is 0 Å². The second kappa shape index (κ2) is 6.77. The SMILES string of the molecule is CCN=C(NC(C)CCC(C)C)NC1CC1. The molecule has 2 N–H and O–H groups in total. The van der Waals surface area contributed by atoms with Crippen molar-refractivity contribution in [1.29, 1.82) is 0 Å². The molecule has 0 aromatic heterocycles.